The second kappa shape index (κ2) is 5.06. The van der Waals surface area contributed by atoms with Gasteiger partial charge in [0.2, 0.25) is 0 Å². The number of nitrogens with two attached hydrogens (primary N) is 1. The number of aryl methyl sites for hydroxylation is 1. The molecule has 1 aromatic heterocycles. The Morgan fingerprint density at radius 3 is 2.50 bits per heavy atom. The minimum atomic E-state index is -4.57. The van der Waals surface area contributed by atoms with Crippen LogP contribution in [-0.4, -0.2) is 9.78 Å². The van der Waals surface area contributed by atoms with Gasteiger partial charge in [0.25, 0.3) is 0 Å². The first-order valence-corrected chi connectivity index (χ1v) is 5.89. The molecule has 20 heavy (non-hydrogen) atoms. The molecule has 0 spiro atoms. The molecule has 1 atom stereocenters. The van der Waals surface area contributed by atoms with Crippen LogP contribution in [0.3, 0.4) is 0 Å². The van der Waals surface area contributed by atoms with Gasteiger partial charge in [0.05, 0.1) is 28.5 Å². The minimum absolute atomic E-state index is 0.164. The van der Waals surface area contributed by atoms with E-state index in [4.69, 9.17) is 17.3 Å². The number of alkyl halides is 3. The smallest absolute Gasteiger partial charge is 0.319 e. The lowest BCUT2D eigenvalue weighted by Crippen LogP contribution is -2.19. The van der Waals surface area contributed by atoms with Gasteiger partial charge in [-0.2, -0.15) is 18.3 Å². The molecule has 0 saturated heterocycles. The Kier molecular flexibility index (Phi) is 3.75. The summed E-state index contributed by atoms with van der Waals surface area (Å²) in [6, 6.07) is 0.944. The van der Waals surface area contributed by atoms with Gasteiger partial charge in [-0.25, -0.2) is 4.39 Å². The fourth-order valence-electron chi connectivity index (χ4n) is 1.88. The summed E-state index contributed by atoms with van der Waals surface area (Å²) >= 11 is 5.86. The molecule has 0 aliphatic heterocycles. The highest BCUT2D eigenvalue weighted by atomic mass is 35.5. The van der Waals surface area contributed by atoms with Crippen LogP contribution < -0.4 is 5.73 Å². The van der Waals surface area contributed by atoms with Gasteiger partial charge >= 0.3 is 6.18 Å². The van der Waals surface area contributed by atoms with Crippen LogP contribution in [0.25, 0.3) is 0 Å². The first-order chi connectivity index (χ1) is 9.21. The molecule has 1 unspecified atom stereocenters. The number of benzene rings is 1. The quantitative estimate of drug-likeness (QED) is 0.865. The van der Waals surface area contributed by atoms with E-state index < -0.39 is 23.6 Å². The summed E-state index contributed by atoms with van der Waals surface area (Å²) in [5.74, 6) is -0.831. The fraction of sp³-hybridized carbons (Fsp3) is 0.250. The Morgan fingerprint density at radius 1 is 1.35 bits per heavy atom. The predicted octanol–water partition coefficient (Wildman–Crippen LogP) is 3.28. The van der Waals surface area contributed by atoms with Gasteiger partial charge in [-0.3, -0.25) is 4.68 Å². The molecule has 2 aromatic rings. The second-order valence-corrected chi connectivity index (χ2v) is 4.62. The van der Waals surface area contributed by atoms with Crippen LogP contribution in [0.4, 0.5) is 17.6 Å². The Labute approximate surface area is 116 Å². The Balaban J connectivity index is 2.52. The highest BCUT2D eigenvalue weighted by Gasteiger charge is 2.32. The molecule has 1 heterocycles. The third-order valence-electron chi connectivity index (χ3n) is 2.89. The summed E-state index contributed by atoms with van der Waals surface area (Å²) in [7, 11) is 1.52. The molecule has 0 amide bonds. The van der Waals surface area contributed by atoms with Gasteiger partial charge in [-0.05, 0) is 18.2 Å². The van der Waals surface area contributed by atoms with Crippen LogP contribution in [0.5, 0.6) is 0 Å². The lowest BCUT2D eigenvalue weighted by Gasteiger charge is -2.16. The van der Waals surface area contributed by atoms with Crippen molar-refractivity contribution < 1.29 is 17.6 Å². The van der Waals surface area contributed by atoms with Crippen LogP contribution in [-0.2, 0) is 13.2 Å². The summed E-state index contributed by atoms with van der Waals surface area (Å²) in [4.78, 5) is 0. The van der Waals surface area contributed by atoms with E-state index in [-0.39, 0.29) is 16.3 Å². The molecule has 0 saturated carbocycles. The molecule has 108 valence electrons. The molecular weight excluding hydrogens is 298 g/mol. The first kappa shape index (κ1) is 14.8. The lowest BCUT2D eigenvalue weighted by atomic mass is 10.0. The maximum absolute atomic E-state index is 13.7. The predicted molar refractivity (Wildman–Crippen MR) is 65.7 cm³/mol. The van der Waals surface area contributed by atoms with Crippen molar-refractivity contribution in [2.75, 3.05) is 0 Å². The molecular formula is C12H10ClF4N3. The van der Waals surface area contributed by atoms with E-state index in [2.05, 4.69) is 5.10 Å². The summed E-state index contributed by atoms with van der Waals surface area (Å²) < 4.78 is 53.0. The highest BCUT2D eigenvalue weighted by molar-refractivity contribution is 6.31. The summed E-state index contributed by atoms with van der Waals surface area (Å²) in [5, 5.41) is 3.99. The zero-order valence-corrected chi connectivity index (χ0v) is 11.0. The van der Waals surface area contributed by atoms with Gasteiger partial charge in [-0.1, -0.05) is 11.6 Å². The number of hydrogen-bond acceptors (Lipinski definition) is 2. The van der Waals surface area contributed by atoms with Crippen LogP contribution in [0.15, 0.2) is 24.4 Å². The van der Waals surface area contributed by atoms with Gasteiger partial charge in [0.1, 0.15) is 5.82 Å². The summed E-state index contributed by atoms with van der Waals surface area (Å²) in [6.45, 7) is 0. The molecule has 2 N–H and O–H groups in total. The highest BCUT2D eigenvalue weighted by Crippen LogP contribution is 2.33. The average molecular weight is 308 g/mol. The number of aromatic nitrogens is 2. The molecule has 3 nitrogen and oxygen atoms in total. The van der Waals surface area contributed by atoms with Gasteiger partial charge in [-0.15, -0.1) is 0 Å². The van der Waals surface area contributed by atoms with E-state index in [1.165, 1.54) is 17.9 Å². The van der Waals surface area contributed by atoms with Crippen molar-refractivity contribution in [2.45, 2.75) is 12.2 Å². The zero-order chi connectivity index (χ0) is 15.1. The van der Waals surface area contributed by atoms with E-state index >= 15 is 0 Å². The standard InChI is InChI=1S/C12H10ClF4N3/c1-20-11(8(13)5-19-20)10(18)7-4-6(12(15,16)17)2-3-9(7)14/h2-5,10H,18H2,1H3. The average Bonchev–Trinajstić information content (AvgIpc) is 2.67. The molecule has 0 aliphatic carbocycles. The van der Waals surface area contributed by atoms with Crippen LogP contribution in [0, 0.1) is 5.82 Å². The monoisotopic (exact) mass is 307 g/mol. The maximum Gasteiger partial charge on any atom is 0.416 e. The SMILES string of the molecule is Cn1ncc(Cl)c1C(N)c1cc(C(F)(F)F)ccc1F. The van der Waals surface area contributed by atoms with Crippen molar-refractivity contribution in [3.8, 4) is 0 Å². The molecule has 0 radical (unpaired) electrons. The second-order valence-electron chi connectivity index (χ2n) is 4.21. The molecule has 0 aliphatic rings. The molecule has 0 bridgehead atoms. The first-order valence-electron chi connectivity index (χ1n) is 5.51. The van der Waals surface area contributed by atoms with Gasteiger partial charge in [0, 0.05) is 12.6 Å². The van der Waals surface area contributed by atoms with Crippen molar-refractivity contribution in [1.82, 2.24) is 9.78 Å². The molecule has 0 fully saturated rings. The van der Waals surface area contributed by atoms with E-state index in [0.717, 1.165) is 6.07 Å². The van der Waals surface area contributed by atoms with E-state index in [1.807, 2.05) is 0 Å². The third kappa shape index (κ3) is 2.64. The third-order valence-corrected chi connectivity index (χ3v) is 3.18. The van der Waals surface area contributed by atoms with E-state index in [0.29, 0.717) is 12.1 Å². The molecule has 2 rings (SSSR count). The van der Waals surface area contributed by atoms with Gasteiger partial charge < -0.3 is 5.73 Å². The fourth-order valence-corrected chi connectivity index (χ4v) is 2.16. The Bertz CT molecular complexity index is 617. The Morgan fingerprint density at radius 2 is 2.00 bits per heavy atom. The minimum Gasteiger partial charge on any atom is -0.319 e. The largest absolute Gasteiger partial charge is 0.416 e. The maximum atomic E-state index is 13.7. The lowest BCUT2D eigenvalue weighted by molar-refractivity contribution is -0.137. The van der Waals surface area contributed by atoms with Crippen molar-refractivity contribution in [3.63, 3.8) is 0 Å². The van der Waals surface area contributed by atoms with Crippen molar-refractivity contribution >= 4 is 11.6 Å². The van der Waals surface area contributed by atoms with E-state index in [9.17, 15) is 17.6 Å². The molecule has 1 aromatic carbocycles. The van der Waals surface area contributed by atoms with Crippen LogP contribution in [0.2, 0.25) is 5.02 Å². The number of rotatable bonds is 2. The van der Waals surface area contributed by atoms with E-state index in [1.54, 1.807) is 0 Å². The summed E-state index contributed by atoms with van der Waals surface area (Å²) in [6.07, 6.45) is -3.28. The Hall–Kier alpha value is -1.60. The number of halogens is 5. The topological polar surface area (TPSA) is 43.8 Å². The van der Waals surface area contributed by atoms with Crippen LogP contribution in [0.1, 0.15) is 22.9 Å². The number of hydrogen-bond donors (Lipinski definition) is 1. The normalized spacial score (nSPS) is 13.6. The van der Waals surface area contributed by atoms with Crippen molar-refractivity contribution in [2.24, 2.45) is 12.8 Å². The van der Waals surface area contributed by atoms with Gasteiger partial charge in [0.15, 0.2) is 0 Å². The summed E-state index contributed by atoms with van der Waals surface area (Å²) in [5.41, 5.74) is 4.81. The molecule has 8 heteroatoms. The van der Waals surface area contributed by atoms with Crippen molar-refractivity contribution in [1.29, 1.82) is 0 Å². The van der Waals surface area contributed by atoms with Crippen LogP contribution >= 0.6 is 11.6 Å². The zero-order valence-electron chi connectivity index (χ0n) is 10.2. The number of nitrogens with zero attached hydrogens (tertiary/aromatic N) is 2. The van der Waals surface area contributed by atoms with Crippen molar-refractivity contribution in [3.05, 3.63) is 52.1 Å².